The molecule has 0 saturated carbocycles. The van der Waals surface area contributed by atoms with E-state index in [-0.39, 0.29) is 5.41 Å². The number of piperidine rings is 1. The summed E-state index contributed by atoms with van der Waals surface area (Å²) in [5.41, 5.74) is 4.13. The van der Waals surface area contributed by atoms with Crippen molar-refractivity contribution in [1.29, 1.82) is 0 Å². The number of fused-ring (bicyclic) bond motifs is 1. The number of imidazole rings is 1. The molecule has 7 nitrogen and oxygen atoms in total. The molecule has 3 aromatic carbocycles. The van der Waals surface area contributed by atoms with Gasteiger partial charge in [0.05, 0.1) is 23.0 Å². The predicted octanol–water partition coefficient (Wildman–Crippen LogP) is 6.99. The van der Waals surface area contributed by atoms with Gasteiger partial charge in [0.15, 0.2) is 0 Å². The van der Waals surface area contributed by atoms with Crippen LogP contribution in [0.5, 0.6) is 0 Å². The van der Waals surface area contributed by atoms with Crippen LogP contribution in [0.4, 0.5) is 5.95 Å². The Balaban J connectivity index is 1.04. The number of para-hydroxylation sites is 2. The maximum atomic E-state index is 14.1. The minimum absolute atomic E-state index is 0.315. The van der Waals surface area contributed by atoms with Crippen molar-refractivity contribution in [2.24, 2.45) is 5.41 Å². The number of nitrogens with one attached hydrogen (secondary N) is 1. The summed E-state index contributed by atoms with van der Waals surface area (Å²) in [6, 6.07) is 33.7. The van der Waals surface area contributed by atoms with E-state index in [1.165, 1.54) is 11.1 Å². The van der Waals surface area contributed by atoms with E-state index in [1.807, 2.05) is 31.2 Å². The first kappa shape index (κ1) is 29.4. The standard InChI is InChI=1S/C38H43N5O2/c1-29-16-17-33(45-29)28-43(37-39-34-14-8-9-15-35(34)40-37)32-18-22-41(23-19-32)24-20-38(26-30-10-4-2-5-11-30)21-25-42(36(38)44)27-31-12-6-3-7-13-31/h2-17,32H,18-28H2,1H3,(H,39,40). The number of anilines is 1. The van der Waals surface area contributed by atoms with E-state index in [0.29, 0.717) is 25.0 Å². The lowest BCUT2D eigenvalue weighted by atomic mass is 9.77. The van der Waals surface area contributed by atoms with E-state index in [1.54, 1.807) is 0 Å². The van der Waals surface area contributed by atoms with Crippen LogP contribution in [0, 0.1) is 12.3 Å². The van der Waals surface area contributed by atoms with E-state index >= 15 is 0 Å². The number of hydrogen-bond acceptors (Lipinski definition) is 5. The number of carbonyl (C=O) groups is 1. The molecule has 1 amide bonds. The summed E-state index contributed by atoms with van der Waals surface area (Å²) in [5, 5.41) is 0. The van der Waals surface area contributed by atoms with Gasteiger partial charge in [-0.2, -0.15) is 0 Å². The molecular weight excluding hydrogens is 558 g/mol. The summed E-state index contributed by atoms with van der Waals surface area (Å²) in [4.78, 5) is 29.7. The molecule has 2 aromatic heterocycles. The number of carbonyl (C=O) groups excluding carboxylic acids is 1. The molecule has 45 heavy (non-hydrogen) atoms. The average Bonchev–Trinajstić information content (AvgIpc) is 3.78. The Labute approximate surface area is 265 Å². The van der Waals surface area contributed by atoms with Crippen LogP contribution < -0.4 is 4.90 Å². The highest BCUT2D eigenvalue weighted by molar-refractivity contribution is 5.85. The van der Waals surface area contributed by atoms with Crippen LogP contribution in [0.2, 0.25) is 0 Å². The second-order valence-corrected chi connectivity index (χ2v) is 12.9. The molecule has 1 unspecified atom stereocenters. The Bertz CT molecular complexity index is 1670. The molecule has 1 atom stereocenters. The molecule has 2 saturated heterocycles. The number of hydrogen-bond donors (Lipinski definition) is 1. The first-order valence-electron chi connectivity index (χ1n) is 16.4. The van der Waals surface area contributed by atoms with Gasteiger partial charge in [0, 0.05) is 32.2 Å². The third kappa shape index (κ3) is 6.54. The second kappa shape index (κ2) is 12.9. The molecule has 0 radical (unpaired) electrons. The maximum absolute atomic E-state index is 14.1. The topological polar surface area (TPSA) is 68.6 Å². The molecular formula is C38H43N5O2. The zero-order valence-corrected chi connectivity index (χ0v) is 26.2. The number of furan rings is 1. The number of aryl methyl sites for hydroxylation is 1. The van der Waals surface area contributed by atoms with Crippen LogP contribution in [-0.4, -0.2) is 57.9 Å². The molecule has 0 spiro atoms. The van der Waals surface area contributed by atoms with Crippen molar-refractivity contribution in [3.05, 3.63) is 120 Å². The van der Waals surface area contributed by atoms with Crippen LogP contribution >= 0.6 is 0 Å². The lowest BCUT2D eigenvalue weighted by molar-refractivity contribution is -0.137. The number of aromatic amines is 1. The molecule has 1 N–H and O–H groups in total. The third-order valence-corrected chi connectivity index (χ3v) is 9.88. The van der Waals surface area contributed by atoms with Crippen molar-refractivity contribution in [3.63, 3.8) is 0 Å². The molecule has 7 heteroatoms. The van der Waals surface area contributed by atoms with Gasteiger partial charge in [0.1, 0.15) is 11.5 Å². The molecule has 7 rings (SSSR count). The van der Waals surface area contributed by atoms with Crippen molar-refractivity contribution < 1.29 is 9.21 Å². The number of nitrogens with zero attached hydrogens (tertiary/aromatic N) is 4. The molecule has 2 fully saturated rings. The van der Waals surface area contributed by atoms with E-state index in [2.05, 4.69) is 92.5 Å². The summed E-state index contributed by atoms with van der Waals surface area (Å²) in [6.45, 7) is 7.13. The number of likely N-dealkylation sites (tertiary alicyclic amines) is 2. The van der Waals surface area contributed by atoms with Gasteiger partial charge in [-0.25, -0.2) is 4.98 Å². The first-order valence-corrected chi connectivity index (χ1v) is 16.4. The Morgan fingerprint density at radius 3 is 2.31 bits per heavy atom. The quantitative estimate of drug-likeness (QED) is 0.177. The van der Waals surface area contributed by atoms with Crippen LogP contribution in [-0.2, 0) is 24.3 Å². The summed E-state index contributed by atoms with van der Waals surface area (Å²) < 4.78 is 6.00. The highest BCUT2D eigenvalue weighted by Gasteiger charge is 2.46. The number of H-pyrrole nitrogens is 1. The third-order valence-electron chi connectivity index (χ3n) is 9.88. The summed E-state index contributed by atoms with van der Waals surface area (Å²) in [7, 11) is 0. The molecule has 0 bridgehead atoms. The zero-order valence-electron chi connectivity index (χ0n) is 26.2. The predicted molar refractivity (Wildman–Crippen MR) is 179 cm³/mol. The monoisotopic (exact) mass is 601 g/mol. The molecule has 4 heterocycles. The fourth-order valence-corrected chi connectivity index (χ4v) is 7.34. The summed E-state index contributed by atoms with van der Waals surface area (Å²) in [6.07, 6.45) is 4.67. The number of rotatable bonds is 11. The zero-order chi connectivity index (χ0) is 30.6. The summed E-state index contributed by atoms with van der Waals surface area (Å²) >= 11 is 0. The second-order valence-electron chi connectivity index (χ2n) is 12.9. The fourth-order valence-electron chi connectivity index (χ4n) is 7.34. The van der Waals surface area contributed by atoms with E-state index < -0.39 is 0 Å². The van der Waals surface area contributed by atoms with Gasteiger partial charge in [-0.1, -0.05) is 72.8 Å². The van der Waals surface area contributed by atoms with Gasteiger partial charge in [-0.15, -0.1) is 0 Å². The Hall–Kier alpha value is -4.36. The van der Waals surface area contributed by atoms with Crippen LogP contribution in [0.1, 0.15) is 48.3 Å². The van der Waals surface area contributed by atoms with Crippen LogP contribution in [0.3, 0.4) is 0 Å². The molecule has 2 aliphatic rings. The van der Waals surface area contributed by atoms with E-state index in [9.17, 15) is 4.79 Å². The van der Waals surface area contributed by atoms with Crippen LogP contribution in [0.25, 0.3) is 11.0 Å². The van der Waals surface area contributed by atoms with E-state index in [4.69, 9.17) is 9.40 Å². The van der Waals surface area contributed by atoms with Crippen molar-refractivity contribution in [3.8, 4) is 0 Å². The van der Waals surface area contributed by atoms with Crippen LogP contribution in [0.15, 0.2) is 101 Å². The number of benzene rings is 3. The molecule has 5 aromatic rings. The minimum atomic E-state index is -0.357. The Kier molecular flexibility index (Phi) is 8.44. The number of amides is 1. The van der Waals surface area contributed by atoms with Crippen molar-refractivity contribution >= 4 is 22.9 Å². The maximum Gasteiger partial charge on any atom is 0.229 e. The first-order chi connectivity index (χ1) is 22.0. The van der Waals surface area contributed by atoms with Gasteiger partial charge >= 0.3 is 0 Å². The Morgan fingerprint density at radius 1 is 0.889 bits per heavy atom. The van der Waals surface area contributed by atoms with E-state index in [0.717, 1.165) is 86.8 Å². The van der Waals surface area contributed by atoms with Gasteiger partial charge < -0.3 is 24.1 Å². The van der Waals surface area contributed by atoms with Gasteiger partial charge in [0.25, 0.3) is 0 Å². The molecule has 0 aliphatic carbocycles. The highest BCUT2D eigenvalue weighted by atomic mass is 16.3. The summed E-state index contributed by atoms with van der Waals surface area (Å²) in [5.74, 6) is 3.10. The lowest BCUT2D eigenvalue weighted by Crippen LogP contribution is -2.46. The van der Waals surface area contributed by atoms with Gasteiger partial charge in [0.2, 0.25) is 11.9 Å². The minimum Gasteiger partial charge on any atom is -0.464 e. The lowest BCUT2D eigenvalue weighted by Gasteiger charge is -2.39. The fraction of sp³-hybridized carbons (Fsp3) is 0.368. The average molecular weight is 602 g/mol. The number of aromatic nitrogens is 2. The van der Waals surface area contributed by atoms with Gasteiger partial charge in [-0.05, 0) is 81.0 Å². The Morgan fingerprint density at radius 2 is 1.60 bits per heavy atom. The van der Waals surface area contributed by atoms with Gasteiger partial charge in [-0.3, -0.25) is 4.79 Å². The smallest absolute Gasteiger partial charge is 0.229 e. The van der Waals surface area contributed by atoms with Crippen molar-refractivity contribution in [2.75, 3.05) is 31.1 Å². The molecule has 2 aliphatic heterocycles. The highest BCUT2D eigenvalue weighted by Crippen LogP contribution is 2.40. The molecule has 232 valence electrons. The SMILES string of the molecule is Cc1ccc(CN(c2nc3ccccc3[nH]2)C2CCN(CCC3(Cc4ccccc4)CCN(Cc4ccccc4)C3=O)CC2)o1. The normalized spacial score (nSPS) is 19.5. The largest absolute Gasteiger partial charge is 0.464 e. The van der Waals surface area contributed by atoms with Crippen molar-refractivity contribution in [2.45, 2.75) is 58.2 Å². The van der Waals surface area contributed by atoms with Crippen molar-refractivity contribution in [1.82, 2.24) is 19.8 Å².